The van der Waals surface area contributed by atoms with Crippen LogP contribution in [0.1, 0.15) is 32.3 Å². The minimum absolute atomic E-state index is 0.00777. The number of carbonyl (C=O) groups is 1. The highest BCUT2D eigenvalue weighted by molar-refractivity contribution is 5.84. The third-order valence-electron chi connectivity index (χ3n) is 7.06. The van der Waals surface area contributed by atoms with E-state index < -0.39 is 5.54 Å². The Balaban J connectivity index is 1.19. The Morgan fingerprint density at radius 2 is 1.86 bits per heavy atom. The summed E-state index contributed by atoms with van der Waals surface area (Å²) in [4.78, 5) is 19.8. The van der Waals surface area contributed by atoms with E-state index in [0.29, 0.717) is 19.1 Å². The SMILES string of the molecule is CC1(C)C2=CN=C(NC3CCOCC3)NC2CN1C(=O)N(N)Cc1ccc(Oc2ccccc2)cc1. The lowest BCUT2D eigenvalue weighted by Crippen LogP contribution is -2.52. The molecule has 2 fully saturated rings. The summed E-state index contributed by atoms with van der Waals surface area (Å²) in [6, 6.07) is 17.3. The smallest absolute Gasteiger partial charge is 0.335 e. The van der Waals surface area contributed by atoms with Gasteiger partial charge in [-0.15, -0.1) is 0 Å². The predicted octanol–water partition coefficient (Wildman–Crippen LogP) is 3.35. The summed E-state index contributed by atoms with van der Waals surface area (Å²) in [5.74, 6) is 8.53. The molecule has 1 atom stereocenters. The number of fused-ring (bicyclic) bond motifs is 1. The number of guanidine groups is 1. The zero-order valence-corrected chi connectivity index (χ0v) is 20.8. The van der Waals surface area contributed by atoms with E-state index in [0.717, 1.165) is 54.7 Å². The normalized spacial score (nSPS) is 21.1. The Kier molecular flexibility index (Phi) is 6.84. The summed E-state index contributed by atoms with van der Waals surface area (Å²) in [5.41, 5.74) is 1.49. The van der Waals surface area contributed by atoms with Crippen LogP contribution in [0, 0.1) is 0 Å². The molecule has 190 valence electrons. The lowest BCUT2D eigenvalue weighted by molar-refractivity contribution is 0.0822. The van der Waals surface area contributed by atoms with Crippen molar-refractivity contribution in [3.8, 4) is 11.5 Å². The van der Waals surface area contributed by atoms with Gasteiger partial charge in [-0.2, -0.15) is 0 Å². The van der Waals surface area contributed by atoms with Gasteiger partial charge >= 0.3 is 6.03 Å². The number of para-hydroxylation sites is 1. The molecule has 4 N–H and O–H groups in total. The van der Waals surface area contributed by atoms with Crippen LogP contribution in [0.4, 0.5) is 4.79 Å². The van der Waals surface area contributed by atoms with Gasteiger partial charge in [0.05, 0.1) is 18.1 Å². The minimum Gasteiger partial charge on any atom is -0.457 e. The van der Waals surface area contributed by atoms with Crippen LogP contribution < -0.4 is 21.2 Å². The Bertz CT molecular complexity index is 1130. The molecule has 2 aromatic rings. The molecule has 2 amide bonds. The molecule has 0 saturated carbocycles. The van der Waals surface area contributed by atoms with E-state index in [2.05, 4.69) is 15.6 Å². The third kappa shape index (κ3) is 5.17. The van der Waals surface area contributed by atoms with Crippen LogP contribution in [0.25, 0.3) is 0 Å². The monoisotopic (exact) mass is 490 g/mol. The van der Waals surface area contributed by atoms with Crippen molar-refractivity contribution < 1.29 is 14.3 Å². The quantitative estimate of drug-likeness (QED) is 0.337. The van der Waals surface area contributed by atoms with E-state index in [9.17, 15) is 4.79 Å². The summed E-state index contributed by atoms with van der Waals surface area (Å²) in [6.07, 6.45) is 3.81. The topological polar surface area (TPSA) is 104 Å². The maximum absolute atomic E-state index is 13.4. The van der Waals surface area contributed by atoms with Crippen LogP contribution in [0.2, 0.25) is 0 Å². The van der Waals surface area contributed by atoms with Crippen LogP contribution in [0.5, 0.6) is 11.5 Å². The number of carbonyl (C=O) groups excluding carboxylic acids is 1. The molecule has 36 heavy (non-hydrogen) atoms. The summed E-state index contributed by atoms with van der Waals surface area (Å²) in [5, 5.41) is 8.24. The van der Waals surface area contributed by atoms with Crippen LogP contribution in [-0.4, -0.2) is 59.3 Å². The van der Waals surface area contributed by atoms with E-state index in [1.54, 1.807) is 0 Å². The van der Waals surface area contributed by atoms with Crippen molar-refractivity contribution >= 4 is 12.0 Å². The van der Waals surface area contributed by atoms with Crippen molar-refractivity contribution in [2.45, 2.75) is 50.9 Å². The Morgan fingerprint density at radius 3 is 2.58 bits per heavy atom. The van der Waals surface area contributed by atoms with Crippen LogP contribution in [0.3, 0.4) is 0 Å². The lowest BCUT2D eigenvalue weighted by Gasteiger charge is -2.35. The molecule has 0 aliphatic carbocycles. The van der Waals surface area contributed by atoms with E-state index in [4.69, 9.17) is 15.3 Å². The molecule has 0 radical (unpaired) electrons. The molecular weight excluding hydrogens is 456 g/mol. The van der Waals surface area contributed by atoms with Gasteiger partial charge in [0.2, 0.25) is 0 Å². The fourth-order valence-electron chi connectivity index (χ4n) is 4.94. The van der Waals surface area contributed by atoms with E-state index in [-0.39, 0.29) is 12.1 Å². The number of aliphatic imine (C=N–C) groups is 1. The van der Waals surface area contributed by atoms with Crippen molar-refractivity contribution in [2.75, 3.05) is 19.8 Å². The first-order chi connectivity index (χ1) is 17.4. The molecule has 1 unspecified atom stereocenters. The molecular formula is C27H34N6O3. The number of nitrogens with zero attached hydrogens (tertiary/aromatic N) is 3. The second-order valence-electron chi connectivity index (χ2n) is 9.93. The maximum atomic E-state index is 13.4. The van der Waals surface area contributed by atoms with Gasteiger partial charge in [-0.25, -0.2) is 15.6 Å². The Morgan fingerprint density at radius 1 is 1.17 bits per heavy atom. The lowest BCUT2D eigenvalue weighted by atomic mass is 9.93. The van der Waals surface area contributed by atoms with Gasteiger partial charge < -0.3 is 25.0 Å². The number of likely N-dealkylation sites (tertiary alicyclic amines) is 1. The zero-order chi connectivity index (χ0) is 25.1. The molecule has 3 aliphatic heterocycles. The van der Waals surface area contributed by atoms with Gasteiger partial charge in [0.25, 0.3) is 0 Å². The van der Waals surface area contributed by atoms with Crippen molar-refractivity contribution in [3.63, 3.8) is 0 Å². The van der Waals surface area contributed by atoms with Gasteiger partial charge in [-0.3, -0.25) is 5.01 Å². The average molecular weight is 491 g/mol. The number of hydrazine groups is 1. The minimum atomic E-state index is -0.506. The number of nitrogens with one attached hydrogen (secondary N) is 2. The van der Waals surface area contributed by atoms with Gasteiger partial charge in [0, 0.05) is 32.0 Å². The molecule has 9 nitrogen and oxygen atoms in total. The number of amides is 2. The van der Waals surface area contributed by atoms with E-state index in [1.807, 2.05) is 79.5 Å². The number of nitrogens with two attached hydrogens (primary N) is 1. The van der Waals surface area contributed by atoms with Crippen LogP contribution >= 0.6 is 0 Å². The third-order valence-corrected chi connectivity index (χ3v) is 7.06. The highest BCUT2D eigenvalue weighted by Gasteiger charge is 2.48. The van der Waals surface area contributed by atoms with Gasteiger partial charge in [0.1, 0.15) is 11.5 Å². The zero-order valence-electron chi connectivity index (χ0n) is 20.8. The van der Waals surface area contributed by atoms with Crippen LogP contribution in [0.15, 0.2) is 71.4 Å². The summed E-state index contributed by atoms with van der Waals surface area (Å²) < 4.78 is 11.3. The van der Waals surface area contributed by atoms with Gasteiger partial charge in [0.15, 0.2) is 5.96 Å². The molecule has 2 aromatic carbocycles. The largest absolute Gasteiger partial charge is 0.457 e. The first-order valence-electron chi connectivity index (χ1n) is 12.4. The average Bonchev–Trinajstić information content (AvgIpc) is 3.15. The molecule has 0 spiro atoms. The molecule has 3 aliphatic rings. The number of benzene rings is 2. The Labute approximate surface area is 211 Å². The van der Waals surface area contributed by atoms with Gasteiger partial charge in [-0.05, 0) is 62.1 Å². The van der Waals surface area contributed by atoms with Crippen molar-refractivity contribution in [2.24, 2.45) is 10.8 Å². The van der Waals surface area contributed by atoms with Crippen molar-refractivity contribution in [1.82, 2.24) is 20.5 Å². The second-order valence-corrected chi connectivity index (χ2v) is 9.93. The van der Waals surface area contributed by atoms with Crippen molar-refractivity contribution in [1.29, 1.82) is 0 Å². The van der Waals surface area contributed by atoms with E-state index >= 15 is 0 Å². The predicted molar refractivity (Wildman–Crippen MR) is 138 cm³/mol. The number of hydrogen-bond acceptors (Lipinski definition) is 7. The fraction of sp³-hybridized carbons (Fsp3) is 0.407. The van der Waals surface area contributed by atoms with Crippen LogP contribution in [-0.2, 0) is 11.3 Å². The molecule has 2 saturated heterocycles. The molecule has 5 rings (SSSR count). The number of ether oxygens (including phenoxy) is 2. The standard InChI is InChI=1S/C27H34N6O3/c1-27(2)23-16-29-25(30-20-12-14-35-15-13-20)31-24(23)18-32(27)26(34)33(28)17-19-8-10-22(11-9-19)36-21-6-4-3-5-7-21/h3-11,16,20,24H,12-15,17-18,28H2,1-2H3,(H2,29,30,31). The highest BCUT2D eigenvalue weighted by atomic mass is 16.5. The number of urea groups is 1. The first-order valence-corrected chi connectivity index (χ1v) is 12.4. The Hall–Kier alpha value is -3.56. The summed E-state index contributed by atoms with van der Waals surface area (Å²) in [6.45, 7) is 6.41. The first kappa shape index (κ1) is 24.1. The molecule has 3 heterocycles. The fourth-order valence-corrected chi connectivity index (χ4v) is 4.94. The van der Waals surface area contributed by atoms with Gasteiger partial charge in [-0.1, -0.05) is 30.3 Å². The highest BCUT2D eigenvalue weighted by Crippen LogP contribution is 2.36. The molecule has 0 bridgehead atoms. The molecule has 9 heteroatoms. The summed E-state index contributed by atoms with van der Waals surface area (Å²) in [7, 11) is 0. The second kappa shape index (κ2) is 10.2. The summed E-state index contributed by atoms with van der Waals surface area (Å²) >= 11 is 0. The maximum Gasteiger partial charge on any atom is 0.335 e. The number of hydrogen-bond donors (Lipinski definition) is 3. The van der Waals surface area contributed by atoms with E-state index in [1.165, 1.54) is 5.01 Å². The molecule has 0 aromatic heterocycles. The number of rotatable bonds is 5. The van der Waals surface area contributed by atoms with Crippen molar-refractivity contribution in [3.05, 3.63) is 71.9 Å².